The van der Waals surface area contributed by atoms with E-state index in [1.54, 1.807) is 0 Å². The molecule has 4 nitrogen and oxygen atoms in total. The molecule has 0 aliphatic rings. The summed E-state index contributed by atoms with van der Waals surface area (Å²) in [5.41, 5.74) is 0. The third kappa shape index (κ3) is 7.02. The summed E-state index contributed by atoms with van der Waals surface area (Å²) in [5.74, 6) is -2.72. The second kappa shape index (κ2) is 9.43. The number of halogens is 2. The summed E-state index contributed by atoms with van der Waals surface area (Å²) in [4.78, 5) is 22.2. The molecule has 0 aromatic carbocycles. The minimum Gasteiger partial charge on any atom is -0.479 e. The largest absolute Gasteiger partial charge is 0.479 e. The van der Waals surface area contributed by atoms with Crippen LogP contribution in [0.25, 0.3) is 0 Å². The predicted molar refractivity (Wildman–Crippen MR) is 75.6 cm³/mol. The lowest BCUT2D eigenvalue weighted by Crippen LogP contribution is -2.39. The zero-order chi connectivity index (χ0) is 14.9. The van der Waals surface area contributed by atoms with Gasteiger partial charge in [0.15, 0.2) is 0 Å². The van der Waals surface area contributed by atoms with Gasteiger partial charge in [0.2, 0.25) is 0 Å². The second-order valence-electron chi connectivity index (χ2n) is 4.52. The highest BCUT2D eigenvalue weighted by Gasteiger charge is 2.45. The number of hydrogen-bond donors (Lipinski definition) is 1. The summed E-state index contributed by atoms with van der Waals surface area (Å²) in [6.07, 6.45) is 6.53. The number of rotatable bonds is 10. The molecule has 0 radical (unpaired) electrons. The third-order valence-corrected chi connectivity index (χ3v) is 3.52. The first-order valence-corrected chi connectivity index (χ1v) is 7.44. The van der Waals surface area contributed by atoms with Crippen LogP contribution in [0.5, 0.6) is 0 Å². The molecule has 112 valence electrons. The highest BCUT2D eigenvalue weighted by Crippen LogP contribution is 2.25. The van der Waals surface area contributed by atoms with E-state index in [0.29, 0.717) is 12.8 Å². The van der Waals surface area contributed by atoms with Crippen molar-refractivity contribution in [1.82, 2.24) is 0 Å². The van der Waals surface area contributed by atoms with Crippen LogP contribution in [-0.4, -0.2) is 27.5 Å². The Morgan fingerprint density at radius 1 is 1.16 bits per heavy atom. The van der Waals surface area contributed by atoms with Gasteiger partial charge in [-0.05, 0) is 19.3 Å². The Morgan fingerprint density at radius 3 is 2.21 bits per heavy atom. The van der Waals surface area contributed by atoms with Crippen LogP contribution in [0, 0.1) is 0 Å². The van der Waals surface area contributed by atoms with E-state index in [-0.39, 0.29) is 6.10 Å². The second-order valence-corrected chi connectivity index (χ2v) is 5.85. The molecule has 6 heteroatoms. The van der Waals surface area contributed by atoms with Gasteiger partial charge in [0.25, 0.3) is 0 Å². The number of carboxylic acid groups (broad SMARTS) is 1. The molecule has 1 atom stereocenters. The lowest BCUT2D eigenvalue weighted by atomic mass is 10.1. The molecule has 1 N–H and O–H groups in total. The van der Waals surface area contributed by atoms with Gasteiger partial charge in [-0.1, -0.05) is 62.7 Å². The number of carboxylic acids is 1. The lowest BCUT2D eigenvalue weighted by molar-refractivity contribution is -0.156. The van der Waals surface area contributed by atoms with Crippen molar-refractivity contribution >= 4 is 35.1 Å². The van der Waals surface area contributed by atoms with Gasteiger partial charge in [0, 0.05) is 0 Å². The predicted octanol–water partition coefficient (Wildman–Crippen LogP) is 3.93. The van der Waals surface area contributed by atoms with Gasteiger partial charge in [0.1, 0.15) is 6.10 Å². The van der Waals surface area contributed by atoms with E-state index >= 15 is 0 Å². The van der Waals surface area contributed by atoms with Crippen LogP contribution >= 0.6 is 23.2 Å². The van der Waals surface area contributed by atoms with Gasteiger partial charge in [0.05, 0.1) is 0 Å². The molecule has 0 saturated heterocycles. The van der Waals surface area contributed by atoms with Gasteiger partial charge >= 0.3 is 16.3 Å². The summed E-state index contributed by atoms with van der Waals surface area (Å²) in [7, 11) is 0. The molecule has 0 rings (SSSR count). The Kier molecular flexibility index (Phi) is 9.19. The van der Waals surface area contributed by atoms with Crippen molar-refractivity contribution in [3.05, 3.63) is 0 Å². The van der Waals surface area contributed by atoms with Gasteiger partial charge in [-0.3, -0.25) is 0 Å². The van der Waals surface area contributed by atoms with E-state index in [0.717, 1.165) is 19.3 Å². The van der Waals surface area contributed by atoms with E-state index in [4.69, 9.17) is 33.0 Å². The van der Waals surface area contributed by atoms with Crippen molar-refractivity contribution in [3.63, 3.8) is 0 Å². The van der Waals surface area contributed by atoms with Crippen LogP contribution in [0.4, 0.5) is 0 Å². The SMILES string of the molecule is CCCCCCCC(CC)OC(=O)C(Cl)(Cl)C(=O)O. The highest BCUT2D eigenvalue weighted by molar-refractivity contribution is 6.66. The van der Waals surface area contributed by atoms with Crippen LogP contribution in [0.3, 0.4) is 0 Å². The first-order chi connectivity index (χ1) is 8.86. The first kappa shape index (κ1) is 18.5. The maximum Gasteiger partial charge on any atom is 0.354 e. The lowest BCUT2D eigenvalue weighted by Gasteiger charge is -2.20. The zero-order valence-electron chi connectivity index (χ0n) is 11.5. The number of ether oxygens (including phenoxy) is 1. The van der Waals surface area contributed by atoms with Crippen molar-refractivity contribution in [3.8, 4) is 0 Å². The van der Waals surface area contributed by atoms with Crippen LogP contribution in [-0.2, 0) is 14.3 Å². The summed E-state index contributed by atoms with van der Waals surface area (Å²) >= 11 is 10.8. The average molecular weight is 313 g/mol. The highest BCUT2D eigenvalue weighted by atomic mass is 35.5. The van der Waals surface area contributed by atoms with Gasteiger partial charge < -0.3 is 9.84 Å². The number of aliphatic carboxylic acids is 1. The monoisotopic (exact) mass is 312 g/mol. The summed E-state index contributed by atoms with van der Waals surface area (Å²) < 4.78 is 2.53. The Hall–Kier alpha value is -0.480. The Balaban J connectivity index is 4.11. The summed E-state index contributed by atoms with van der Waals surface area (Å²) in [6.45, 7) is 4.01. The molecule has 0 aliphatic heterocycles. The molecule has 0 fully saturated rings. The molecule has 0 aromatic rings. The van der Waals surface area contributed by atoms with Crippen LogP contribution < -0.4 is 0 Å². The molecule has 0 saturated carbocycles. The van der Waals surface area contributed by atoms with E-state index in [1.807, 2.05) is 6.92 Å². The van der Waals surface area contributed by atoms with Crippen molar-refractivity contribution in [2.45, 2.75) is 69.2 Å². The fourth-order valence-electron chi connectivity index (χ4n) is 1.63. The third-order valence-electron chi connectivity index (χ3n) is 2.88. The van der Waals surface area contributed by atoms with E-state index in [9.17, 15) is 9.59 Å². The quantitative estimate of drug-likeness (QED) is 0.287. The molecule has 0 spiro atoms. The van der Waals surface area contributed by atoms with E-state index < -0.39 is 16.3 Å². The summed E-state index contributed by atoms with van der Waals surface area (Å²) in [6, 6.07) is 0. The Labute approximate surface area is 124 Å². The fraction of sp³-hybridized carbons (Fsp3) is 0.846. The number of hydrogen-bond acceptors (Lipinski definition) is 3. The maximum atomic E-state index is 11.5. The maximum absolute atomic E-state index is 11.5. The number of unbranched alkanes of at least 4 members (excludes halogenated alkanes) is 4. The van der Waals surface area contributed by atoms with Crippen LogP contribution in [0.15, 0.2) is 0 Å². The smallest absolute Gasteiger partial charge is 0.354 e. The van der Waals surface area contributed by atoms with Crippen molar-refractivity contribution in [1.29, 1.82) is 0 Å². The zero-order valence-corrected chi connectivity index (χ0v) is 13.0. The van der Waals surface area contributed by atoms with E-state index in [1.165, 1.54) is 12.8 Å². The molecule has 0 bridgehead atoms. The minimum atomic E-state index is -2.52. The van der Waals surface area contributed by atoms with Crippen molar-refractivity contribution < 1.29 is 19.4 Å². The standard InChI is InChI=1S/C13H22Cl2O4/c1-3-5-6-7-8-9-10(4-2)19-12(18)13(14,15)11(16)17/h10H,3-9H2,1-2H3,(H,16,17). The molecule has 0 aliphatic carbocycles. The molecular formula is C13H22Cl2O4. The summed E-state index contributed by atoms with van der Waals surface area (Å²) in [5, 5.41) is 8.71. The van der Waals surface area contributed by atoms with Gasteiger partial charge in [-0.15, -0.1) is 0 Å². The molecule has 0 heterocycles. The topological polar surface area (TPSA) is 63.6 Å². The number of carbonyl (C=O) groups excluding carboxylic acids is 1. The number of esters is 1. The molecule has 1 unspecified atom stereocenters. The van der Waals surface area contributed by atoms with Gasteiger partial charge in [-0.2, -0.15) is 0 Å². The number of carbonyl (C=O) groups is 2. The molecule has 0 aromatic heterocycles. The Bertz CT molecular complexity index is 292. The van der Waals surface area contributed by atoms with Crippen LogP contribution in [0.2, 0.25) is 0 Å². The average Bonchev–Trinajstić information content (AvgIpc) is 2.36. The minimum absolute atomic E-state index is 0.328. The van der Waals surface area contributed by atoms with Crippen molar-refractivity contribution in [2.24, 2.45) is 0 Å². The fourth-order valence-corrected chi connectivity index (χ4v) is 1.72. The Morgan fingerprint density at radius 2 is 1.74 bits per heavy atom. The molecular weight excluding hydrogens is 291 g/mol. The van der Waals surface area contributed by atoms with E-state index in [2.05, 4.69) is 6.92 Å². The first-order valence-electron chi connectivity index (χ1n) is 6.68. The van der Waals surface area contributed by atoms with Gasteiger partial charge in [-0.25, -0.2) is 9.59 Å². The number of alkyl halides is 2. The molecule has 19 heavy (non-hydrogen) atoms. The van der Waals surface area contributed by atoms with Crippen molar-refractivity contribution in [2.75, 3.05) is 0 Å². The molecule has 0 amide bonds. The normalized spacial score (nSPS) is 13.1. The van der Waals surface area contributed by atoms with Crippen LogP contribution in [0.1, 0.15) is 58.8 Å².